The van der Waals surface area contributed by atoms with Crippen molar-refractivity contribution in [2.24, 2.45) is 11.7 Å². The summed E-state index contributed by atoms with van der Waals surface area (Å²) in [6, 6.07) is 0. The Morgan fingerprint density at radius 2 is 2.08 bits per heavy atom. The Morgan fingerprint density at radius 1 is 1.46 bits per heavy atom. The minimum Gasteiger partial charge on any atom is -0.385 e. The van der Waals surface area contributed by atoms with E-state index in [9.17, 15) is 0 Å². The van der Waals surface area contributed by atoms with Crippen LogP contribution in [0.2, 0.25) is 0 Å². The maximum Gasteiger partial charge on any atom is 2.00 e. The van der Waals surface area contributed by atoms with Gasteiger partial charge in [0, 0.05) is 5.75 Å². The van der Waals surface area contributed by atoms with Gasteiger partial charge in [0.2, 0.25) is 0 Å². The number of thiocarbonyl (C=S) groups is 1. The van der Waals surface area contributed by atoms with Crippen LogP contribution in [-0.2, 0) is 19.5 Å². The second kappa shape index (κ2) is 10.9. The molecular weight excluding hydrogens is 252 g/mol. The predicted molar refractivity (Wildman–Crippen MR) is 62.5 cm³/mol. The summed E-state index contributed by atoms with van der Waals surface area (Å²) in [5.74, 6) is 1.91. The van der Waals surface area contributed by atoms with Gasteiger partial charge in [0.15, 0.2) is 0 Å². The molecule has 0 saturated heterocycles. The molecule has 1 atom stereocenters. The molecule has 0 spiro atoms. The van der Waals surface area contributed by atoms with Crippen LogP contribution in [0.3, 0.4) is 0 Å². The molecule has 13 heavy (non-hydrogen) atoms. The van der Waals surface area contributed by atoms with Crippen LogP contribution in [0.25, 0.3) is 0 Å². The molecule has 1 unspecified atom stereocenters. The zero-order valence-corrected chi connectivity index (χ0v) is 13.3. The van der Waals surface area contributed by atoms with Crippen molar-refractivity contribution < 1.29 is 19.5 Å². The molecular formula is C9H19NS2Zn+2. The van der Waals surface area contributed by atoms with Crippen LogP contribution in [0.4, 0.5) is 0 Å². The number of hydrogen-bond acceptors (Lipinski definition) is 2. The fourth-order valence-corrected chi connectivity index (χ4v) is 2.10. The van der Waals surface area contributed by atoms with Crippen molar-refractivity contribution in [3.8, 4) is 0 Å². The standard InChI is InChI=1S/C9H19NS2.Zn/c1-3-5-6-8(4-2)7-12-9(10)11;/h8H,3-7H2,1-2H3,(H2,10,11);/q;+2. The van der Waals surface area contributed by atoms with E-state index in [4.69, 9.17) is 18.0 Å². The molecule has 0 rings (SSSR count). The summed E-state index contributed by atoms with van der Waals surface area (Å²) in [5.41, 5.74) is 5.42. The molecule has 0 fully saturated rings. The number of nitrogens with two attached hydrogens (primary N) is 1. The first kappa shape index (κ1) is 16.3. The largest absolute Gasteiger partial charge is 2.00 e. The Hall–Kier alpha value is 0.863. The van der Waals surface area contributed by atoms with Crippen molar-refractivity contribution >= 4 is 28.3 Å². The zero-order valence-electron chi connectivity index (χ0n) is 8.71. The molecule has 0 amide bonds. The van der Waals surface area contributed by atoms with Crippen molar-refractivity contribution in [1.29, 1.82) is 0 Å². The molecule has 0 bridgehead atoms. The third-order valence-corrected chi connectivity index (χ3v) is 3.28. The molecule has 0 radical (unpaired) electrons. The van der Waals surface area contributed by atoms with Crippen LogP contribution in [-0.4, -0.2) is 10.1 Å². The van der Waals surface area contributed by atoms with E-state index in [1.165, 1.54) is 25.7 Å². The first-order valence-electron chi connectivity index (χ1n) is 4.62. The molecule has 1 nitrogen and oxygen atoms in total. The molecule has 2 N–H and O–H groups in total. The van der Waals surface area contributed by atoms with Crippen molar-refractivity contribution in [2.45, 2.75) is 39.5 Å². The molecule has 0 aliphatic heterocycles. The number of thioether (sulfide) groups is 1. The summed E-state index contributed by atoms with van der Waals surface area (Å²) in [7, 11) is 0. The average molecular weight is 271 g/mol. The normalized spacial score (nSPS) is 11.8. The summed E-state index contributed by atoms with van der Waals surface area (Å²) in [6.07, 6.45) is 5.18. The van der Waals surface area contributed by atoms with E-state index < -0.39 is 0 Å². The van der Waals surface area contributed by atoms with Crippen LogP contribution in [0, 0.1) is 5.92 Å². The van der Waals surface area contributed by atoms with Gasteiger partial charge in [-0.3, -0.25) is 0 Å². The number of hydrogen-bond donors (Lipinski definition) is 1. The van der Waals surface area contributed by atoms with E-state index in [-0.39, 0.29) is 19.5 Å². The van der Waals surface area contributed by atoms with Crippen LogP contribution < -0.4 is 5.73 Å². The SMILES string of the molecule is CCCCC(CC)CSC(N)=S.[Zn+2]. The summed E-state index contributed by atoms with van der Waals surface area (Å²) in [6.45, 7) is 4.47. The smallest absolute Gasteiger partial charge is 0.385 e. The first-order chi connectivity index (χ1) is 5.70. The van der Waals surface area contributed by atoms with Gasteiger partial charge in [0.1, 0.15) is 4.32 Å². The van der Waals surface area contributed by atoms with E-state index in [2.05, 4.69) is 13.8 Å². The molecule has 0 saturated carbocycles. The van der Waals surface area contributed by atoms with E-state index in [1.807, 2.05) is 0 Å². The minimum atomic E-state index is 0. The third-order valence-electron chi connectivity index (χ3n) is 2.00. The van der Waals surface area contributed by atoms with Gasteiger partial charge >= 0.3 is 19.5 Å². The summed E-state index contributed by atoms with van der Waals surface area (Å²) in [4.78, 5) is 0. The van der Waals surface area contributed by atoms with Gasteiger partial charge in [-0.25, -0.2) is 0 Å². The van der Waals surface area contributed by atoms with Crippen molar-refractivity contribution in [3.63, 3.8) is 0 Å². The first-order valence-corrected chi connectivity index (χ1v) is 6.02. The average Bonchev–Trinajstić information content (AvgIpc) is 2.05. The fourth-order valence-electron chi connectivity index (χ4n) is 1.10. The predicted octanol–water partition coefficient (Wildman–Crippen LogP) is 3.18. The van der Waals surface area contributed by atoms with E-state index in [0.29, 0.717) is 4.32 Å². The Kier molecular flexibility index (Phi) is 13.7. The molecule has 0 aromatic rings. The third kappa shape index (κ3) is 10.8. The van der Waals surface area contributed by atoms with Crippen molar-refractivity contribution in [3.05, 3.63) is 0 Å². The molecule has 0 aromatic carbocycles. The molecule has 0 aliphatic carbocycles. The van der Waals surface area contributed by atoms with Crippen LogP contribution in [0.5, 0.6) is 0 Å². The second-order valence-corrected chi connectivity index (χ2v) is 4.81. The second-order valence-electron chi connectivity index (χ2n) is 3.05. The van der Waals surface area contributed by atoms with Gasteiger partial charge in [-0.2, -0.15) is 0 Å². The van der Waals surface area contributed by atoms with Gasteiger partial charge in [0.05, 0.1) is 0 Å². The molecule has 0 aliphatic rings. The number of rotatable bonds is 6. The molecule has 72 valence electrons. The molecule has 0 heterocycles. The van der Waals surface area contributed by atoms with Crippen LogP contribution in [0.15, 0.2) is 0 Å². The van der Waals surface area contributed by atoms with E-state index in [1.54, 1.807) is 11.8 Å². The monoisotopic (exact) mass is 269 g/mol. The summed E-state index contributed by atoms with van der Waals surface area (Å²) < 4.78 is 0.588. The Bertz CT molecular complexity index is 131. The van der Waals surface area contributed by atoms with Gasteiger partial charge in [-0.1, -0.05) is 57.1 Å². The Balaban J connectivity index is 0. The maximum atomic E-state index is 5.42. The topological polar surface area (TPSA) is 26.0 Å². The minimum absolute atomic E-state index is 0. The van der Waals surface area contributed by atoms with E-state index >= 15 is 0 Å². The van der Waals surface area contributed by atoms with Gasteiger partial charge in [-0.05, 0) is 12.3 Å². The zero-order chi connectivity index (χ0) is 9.40. The fraction of sp³-hybridized carbons (Fsp3) is 0.889. The van der Waals surface area contributed by atoms with Crippen molar-refractivity contribution in [1.82, 2.24) is 0 Å². The van der Waals surface area contributed by atoms with Crippen molar-refractivity contribution in [2.75, 3.05) is 5.75 Å². The van der Waals surface area contributed by atoms with Gasteiger partial charge in [0.25, 0.3) is 0 Å². The Morgan fingerprint density at radius 3 is 2.46 bits per heavy atom. The van der Waals surface area contributed by atoms with Crippen LogP contribution >= 0.6 is 24.0 Å². The van der Waals surface area contributed by atoms with Crippen LogP contribution in [0.1, 0.15) is 39.5 Å². The van der Waals surface area contributed by atoms with E-state index in [0.717, 1.165) is 11.7 Å². The Labute approximate surface area is 104 Å². The molecule has 0 aromatic heterocycles. The number of unbranched alkanes of at least 4 members (excludes halogenated alkanes) is 1. The maximum absolute atomic E-state index is 5.42. The molecule has 4 heteroatoms. The van der Waals surface area contributed by atoms with Gasteiger partial charge < -0.3 is 5.73 Å². The van der Waals surface area contributed by atoms with Gasteiger partial charge in [-0.15, -0.1) is 0 Å². The quantitative estimate of drug-likeness (QED) is 0.593. The summed E-state index contributed by atoms with van der Waals surface area (Å²) in [5, 5.41) is 0. The summed E-state index contributed by atoms with van der Waals surface area (Å²) >= 11 is 6.44.